The lowest BCUT2D eigenvalue weighted by Gasteiger charge is -2.05. The van der Waals surface area contributed by atoms with Crippen molar-refractivity contribution in [1.82, 2.24) is 5.32 Å². The van der Waals surface area contributed by atoms with Gasteiger partial charge < -0.3 is 10.1 Å². The second-order valence-electron chi connectivity index (χ2n) is 3.45. The zero-order valence-electron chi connectivity index (χ0n) is 10.2. The Morgan fingerprint density at radius 1 is 1.37 bits per heavy atom. The molecule has 1 aromatic rings. The van der Waals surface area contributed by atoms with Gasteiger partial charge in [0.15, 0.2) is 0 Å². The molecule has 0 fully saturated rings. The van der Waals surface area contributed by atoms with E-state index >= 15 is 0 Å². The highest BCUT2D eigenvalue weighted by Gasteiger charge is 2.09. The molecule has 0 spiro atoms. The summed E-state index contributed by atoms with van der Waals surface area (Å²) in [6.45, 7) is 1.68. The van der Waals surface area contributed by atoms with Crippen LogP contribution in [0.15, 0.2) is 23.1 Å². The minimum absolute atomic E-state index is 0.0675. The first-order chi connectivity index (χ1) is 9.02. The lowest BCUT2D eigenvalue weighted by atomic mass is 10.3. The van der Waals surface area contributed by atoms with Crippen molar-refractivity contribution in [2.24, 2.45) is 0 Å². The van der Waals surface area contributed by atoms with E-state index in [0.29, 0.717) is 0 Å². The Morgan fingerprint density at radius 3 is 2.74 bits per heavy atom. The summed E-state index contributed by atoms with van der Waals surface area (Å²) in [7, 11) is 0. The van der Waals surface area contributed by atoms with Crippen molar-refractivity contribution in [2.45, 2.75) is 11.8 Å². The van der Waals surface area contributed by atoms with Crippen molar-refractivity contribution in [3.05, 3.63) is 29.8 Å². The van der Waals surface area contributed by atoms with E-state index in [9.17, 15) is 18.4 Å². The zero-order valence-corrected chi connectivity index (χ0v) is 11.1. The number of esters is 1. The van der Waals surface area contributed by atoms with E-state index in [2.05, 4.69) is 10.1 Å². The standard InChI is InChI=1S/C12H13F2NO3S/c1-2-18-12(17)6-15-11(16)7-19-10-4-3-8(13)5-9(10)14/h3-5H,2,6-7H2,1H3,(H,15,16). The maximum Gasteiger partial charge on any atom is 0.325 e. The number of rotatable bonds is 6. The van der Waals surface area contributed by atoms with Crippen LogP contribution in [-0.4, -0.2) is 30.8 Å². The summed E-state index contributed by atoms with van der Waals surface area (Å²) >= 11 is 0.923. The molecule has 0 aliphatic rings. The van der Waals surface area contributed by atoms with Gasteiger partial charge in [-0.2, -0.15) is 0 Å². The molecular weight excluding hydrogens is 276 g/mol. The second kappa shape index (κ2) is 7.73. The van der Waals surface area contributed by atoms with Gasteiger partial charge in [0.05, 0.1) is 12.4 Å². The van der Waals surface area contributed by atoms with Crippen LogP contribution in [0.25, 0.3) is 0 Å². The highest BCUT2D eigenvalue weighted by Crippen LogP contribution is 2.21. The summed E-state index contributed by atoms with van der Waals surface area (Å²) < 4.78 is 30.5. The molecule has 0 bridgehead atoms. The molecule has 0 aromatic heterocycles. The summed E-state index contributed by atoms with van der Waals surface area (Å²) in [5.41, 5.74) is 0. The maximum atomic E-state index is 13.2. The van der Waals surface area contributed by atoms with Crippen LogP contribution < -0.4 is 5.32 Å². The average molecular weight is 289 g/mol. The van der Waals surface area contributed by atoms with E-state index < -0.39 is 23.5 Å². The molecule has 0 aliphatic carbocycles. The minimum Gasteiger partial charge on any atom is -0.465 e. The van der Waals surface area contributed by atoms with Crippen molar-refractivity contribution in [3.8, 4) is 0 Å². The number of benzene rings is 1. The van der Waals surface area contributed by atoms with Crippen LogP contribution in [0.2, 0.25) is 0 Å². The molecule has 0 radical (unpaired) electrons. The number of hydrogen-bond donors (Lipinski definition) is 1. The molecule has 1 amide bonds. The summed E-state index contributed by atoms with van der Waals surface area (Å²) in [6.07, 6.45) is 0. The Labute approximate surface area is 113 Å². The van der Waals surface area contributed by atoms with Gasteiger partial charge in [0.25, 0.3) is 0 Å². The van der Waals surface area contributed by atoms with Gasteiger partial charge in [0.2, 0.25) is 5.91 Å². The average Bonchev–Trinajstić information content (AvgIpc) is 2.35. The number of thioether (sulfide) groups is 1. The van der Waals surface area contributed by atoms with Crippen molar-refractivity contribution in [2.75, 3.05) is 18.9 Å². The molecule has 0 aliphatic heterocycles. The van der Waals surface area contributed by atoms with Crippen LogP contribution in [0.1, 0.15) is 6.92 Å². The Bertz CT molecular complexity index is 468. The summed E-state index contributed by atoms with van der Waals surface area (Å²) in [5, 5.41) is 2.34. The van der Waals surface area contributed by atoms with Crippen LogP contribution in [0.5, 0.6) is 0 Å². The second-order valence-corrected chi connectivity index (χ2v) is 4.46. The Balaban J connectivity index is 2.36. The van der Waals surface area contributed by atoms with Crippen LogP contribution in [-0.2, 0) is 14.3 Å². The highest BCUT2D eigenvalue weighted by molar-refractivity contribution is 8.00. The summed E-state index contributed by atoms with van der Waals surface area (Å²) in [6, 6.07) is 3.12. The van der Waals surface area contributed by atoms with Gasteiger partial charge in [0.1, 0.15) is 18.2 Å². The van der Waals surface area contributed by atoms with Crippen molar-refractivity contribution in [3.63, 3.8) is 0 Å². The van der Waals surface area contributed by atoms with E-state index in [4.69, 9.17) is 0 Å². The van der Waals surface area contributed by atoms with Gasteiger partial charge in [-0.25, -0.2) is 8.78 Å². The fourth-order valence-corrected chi connectivity index (χ4v) is 1.92. The van der Waals surface area contributed by atoms with Gasteiger partial charge in [-0.05, 0) is 19.1 Å². The third-order valence-corrected chi connectivity index (χ3v) is 3.04. The Kier molecular flexibility index (Phi) is 6.27. The third kappa shape index (κ3) is 5.69. The molecule has 7 heteroatoms. The van der Waals surface area contributed by atoms with Gasteiger partial charge in [-0.1, -0.05) is 0 Å². The topological polar surface area (TPSA) is 55.4 Å². The van der Waals surface area contributed by atoms with E-state index in [1.54, 1.807) is 6.92 Å². The van der Waals surface area contributed by atoms with Crippen LogP contribution in [0.4, 0.5) is 8.78 Å². The number of nitrogens with one attached hydrogen (secondary N) is 1. The van der Waals surface area contributed by atoms with Crippen molar-refractivity contribution in [1.29, 1.82) is 0 Å². The molecule has 0 saturated heterocycles. The Morgan fingerprint density at radius 2 is 2.11 bits per heavy atom. The first-order valence-electron chi connectivity index (χ1n) is 5.53. The summed E-state index contributed by atoms with van der Waals surface area (Å²) in [4.78, 5) is 22.5. The minimum atomic E-state index is -0.719. The van der Waals surface area contributed by atoms with E-state index in [1.165, 1.54) is 6.07 Å². The molecule has 0 saturated carbocycles. The van der Waals surface area contributed by atoms with Gasteiger partial charge in [0, 0.05) is 11.0 Å². The molecular formula is C12H13F2NO3S. The van der Waals surface area contributed by atoms with Gasteiger partial charge in [-0.3, -0.25) is 9.59 Å². The lowest BCUT2D eigenvalue weighted by molar-refractivity contribution is -0.143. The number of amides is 1. The molecule has 0 unspecified atom stereocenters. The van der Waals surface area contributed by atoms with Crippen molar-refractivity contribution >= 4 is 23.6 Å². The molecule has 4 nitrogen and oxygen atoms in total. The molecule has 0 atom stereocenters. The molecule has 0 heterocycles. The smallest absolute Gasteiger partial charge is 0.325 e. The third-order valence-electron chi connectivity index (χ3n) is 1.99. The predicted octanol–water partition coefficient (Wildman–Crippen LogP) is 1.74. The van der Waals surface area contributed by atoms with Crippen LogP contribution >= 0.6 is 11.8 Å². The monoisotopic (exact) mass is 289 g/mol. The van der Waals surface area contributed by atoms with Gasteiger partial charge >= 0.3 is 5.97 Å². The Hall–Kier alpha value is -1.63. The predicted molar refractivity (Wildman–Crippen MR) is 66.7 cm³/mol. The number of carbonyl (C=O) groups is 2. The summed E-state index contributed by atoms with van der Waals surface area (Å²) in [5.74, 6) is -2.42. The molecule has 1 aromatic carbocycles. The molecule has 1 N–H and O–H groups in total. The first-order valence-corrected chi connectivity index (χ1v) is 6.51. The quantitative estimate of drug-likeness (QED) is 0.640. The fraction of sp³-hybridized carbons (Fsp3) is 0.333. The largest absolute Gasteiger partial charge is 0.465 e. The zero-order chi connectivity index (χ0) is 14.3. The normalized spacial score (nSPS) is 10.1. The lowest BCUT2D eigenvalue weighted by Crippen LogP contribution is -2.31. The number of carbonyl (C=O) groups excluding carboxylic acids is 2. The van der Waals surface area contributed by atoms with Crippen molar-refractivity contribution < 1.29 is 23.1 Å². The van der Waals surface area contributed by atoms with Crippen LogP contribution in [0.3, 0.4) is 0 Å². The van der Waals surface area contributed by atoms with Gasteiger partial charge in [-0.15, -0.1) is 11.8 Å². The molecule has 19 heavy (non-hydrogen) atoms. The van der Waals surface area contributed by atoms with E-state index in [0.717, 1.165) is 23.9 Å². The number of hydrogen-bond acceptors (Lipinski definition) is 4. The van der Waals surface area contributed by atoms with E-state index in [-0.39, 0.29) is 23.8 Å². The maximum absolute atomic E-state index is 13.2. The van der Waals surface area contributed by atoms with E-state index in [1.807, 2.05) is 0 Å². The number of ether oxygens (including phenoxy) is 1. The number of halogens is 2. The molecule has 104 valence electrons. The SMILES string of the molecule is CCOC(=O)CNC(=O)CSc1ccc(F)cc1F. The first kappa shape index (κ1) is 15.4. The van der Waals surface area contributed by atoms with Crippen LogP contribution in [0, 0.1) is 11.6 Å². The fourth-order valence-electron chi connectivity index (χ4n) is 1.17. The molecule has 1 rings (SSSR count). The highest BCUT2D eigenvalue weighted by atomic mass is 32.2.